The van der Waals surface area contributed by atoms with E-state index in [4.69, 9.17) is 9.94 Å². The Hall–Kier alpha value is -2.67. The first-order valence-electron chi connectivity index (χ1n) is 6.45. The van der Waals surface area contributed by atoms with Crippen LogP contribution in [0.25, 0.3) is 6.08 Å². The van der Waals surface area contributed by atoms with E-state index in [1.807, 2.05) is 0 Å². The normalized spacial score (nSPS) is 10.9. The van der Waals surface area contributed by atoms with Crippen molar-refractivity contribution in [3.05, 3.63) is 59.9 Å². The lowest BCUT2D eigenvalue weighted by Crippen LogP contribution is -2.15. The number of aromatic nitrogens is 1. The van der Waals surface area contributed by atoms with E-state index in [9.17, 15) is 13.6 Å². The molecule has 2 N–H and O–H groups in total. The van der Waals surface area contributed by atoms with Crippen molar-refractivity contribution >= 4 is 12.0 Å². The van der Waals surface area contributed by atoms with Gasteiger partial charge in [-0.3, -0.25) is 10.0 Å². The molecule has 7 heteroatoms. The van der Waals surface area contributed by atoms with Gasteiger partial charge in [-0.25, -0.2) is 14.3 Å². The predicted molar refractivity (Wildman–Crippen MR) is 75.2 cm³/mol. The second-order valence-corrected chi connectivity index (χ2v) is 4.36. The number of hydrogen-bond acceptors (Lipinski definition) is 3. The van der Waals surface area contributed by atoms with E-state index in [0.29, 0.717) is 12.2 Å². The van der Waals surface area contributed by atoms with Crippen LogP contribution >= 0.6 is 0 Å². The molecule has 1 aromatic heterocycles. The van der Waals surface area contributed by atoms with Gasteiger partial charge in [0.15, 0.2) is 11.6 Å². The Morgan fingerprint density at radius 2 is 2.18 bits per heavy atom. The zero-order valence-electron chi connectivity index (χ0n) is 11.5. The van der Waals surface area contributed by atoms with E-state index in [0.717, 1.165) is 12.1 Å². The summed E-state index contributed by atoms with van der Waals surface area (Å²) in [5.41, 5.74) is 2.20. The first-order chi connectivity index (χ1) is 10.6. The van der Waals surface area contributed by atoms with Crippen molar-refractivity contribution in [2.24, 2.45) is 0 Å². The number of benzene rings is 1. The minimum Gasteiger partial charge on any atom is -0.489 e. The topological polar surface area (TPSA) is 63.5 Å². The molecule has 0 unspecified atom stereocenters. The summed E-state index contributed by atoms with van der Waals surface area (Å²) in [7, 11) is 0. The summed E-state index contributed by atoms with van der Waals surface area (Å²) in [5, 5.41) is 8.41. The predicted octanol–water partition coefficient (Wildman–Crippen LogP) is 2.36. The van der Waals surface area contributed by atoms with Crippen LogP contribution in [0.15, 0.2) is 42.6 Å². The lowest BCUT2D eigenvalue weighted by Gasteiger charge is -2.09. The SMILES string of the molecule is O=C(/C=C/c1cccn1CCOc1ccc(F)cc1F)NO. The summed E-state index contributed by atoms with van der Waals surface area (Å²) in [4.78, 5) is 10.9. The van der Waals surface area contributed by atoms with Crippen molar-refractivity contribution in [2.45, 2.75) is 6.54 Å². The molecule has 0 aliphatic heterocycles. The van der Waals surface area contributed by atoms with E-state index in [-0.39, 0.29) is 12.4 Å². The van der Waals surface area contributed by atoms with Crippen LogP contribution in [0, 0.1) is 11.6 Å². The Labute approximate surface area is 125 Å². The van der Waals surface area contributed by atoms with E-state index in [2.05, 4.69) is 0 Å². The van der Waals surface area contributed by atoms with Gasteiger partial charge in [-0.15, -0.1) is 0 Å². The van der Waals surface area contributed by atoms with Gasteiger partial charge in [0.2, 0.25) is 0 Å². The molecule has 1 heterocycles. The van der Waals surface area contributed by atoms with E-state index in [1.54, 1.807) is 22.9 Å². The third kappa shape index (κ3) is 4.16. The third-order valence-corrected chi connectivity index (χ3v) is 2.86. The van der Waals surface area contributed by atoms with Gasteiger partial charge in [0.25, 0.3) is 5.91 Å². The second kappa shape index (κ2) is 7.37. The van der Waals surface area contributed by atoms with Gasteiger partial charge >= 0.3 is 0 Å². The maximum Gasteiger partial charge on any atom is 0.267 e. The average Bonchev–Trinajstić information content (AvgIpc) is 2.94. The van der Waals surface area contributed by atoms with Crippen molar-refractivity contribution in [1.29, 1.82) is 0 Å². The molecule has 0 saturated heterocycles. The Balaban J connectivity index is 1.94. The van der Waals surface area contributed by atoms with Gasteiger partial charge in [-0.1, -0.05) is 0 Å². The summed E-state index contributed by atoms with van der Waals surface area (Å²) >= 11 is 0. The van der Waals surface area contributed by atoms with Crippen molar-refractivity contribution < 1.29 is 23.5 Å². The molecule has 2 rings (SSSR count). The molecule has 0 saturated carbocycles. The van der Waals surface area contributed by atoms with Gasteiger partial charge in [-0.05, 0) is 30.3 Å². The summed E-state index contributed by atoms with van der Waals surface area (Å²) < 4.78 is 33.2. The van der Waals surface area contributed by atoms with E-state index >= 15 is 0 Å². The number of amides is 1. The zero-order valence-corrected chi connectivity index (χ0v) is 11.5. The van der Waals surface area contributed by atoms with Gasteiger partial charge < -0.3 is 9.30 Å². The fraction of sp³-hybridized carbons (Fsp3) is 0.133. The molecular formula is C15H14F2N2O3. The molecule has 1 amide bonds. The van der Waals surface area contributed by atoms with Crippen molar-refractivity contribution in [3.8, 4) is 5.75 Å². The first-order valence-corrected chi connectivity index (χ1v) is 6.45. The first kappa shape index (κ1) is 15.7. The Kier molecular flexibility index (Phi) is 5.26. The molecule has 0 aliphatic rings. The molecule has 5 nitrogen and oxygen atoms in total. The molecule has 0 radical (unpaired) electrons. The number of nitrogens with zero attached hydrogens (tertiary/aromatic N) is 1. The highest BCUT2D eigenvalue weighted by Gasteiger charge is 2.05. The van der Waals surface area contributed by atoms with Crippen molar-refractivity contribution in [1.82, 2.24) is 10.0 Å². The maximum atomic E-state index is 13.4. The number of hydrogen-bond donors (Lipinski definition) is 2. The number of carbonyl (C=O) groups excluding carboxylic acids is 1. The highest BCUT2D eigenvalue weighted by Crippen LogP contribution is 2.17. The zero-order chi connectivity index (χ0) is 15.9. The fourth-order valence-corrected chi connectivity index (χ4v) is 1.83. The Morgan fingerprint density at radius 1 is 1.36 bits per heavy atom. The number of nitrogens with one attached hydrogen (secondary N) is 1. The lowest BCUT2D eigenvalue weighted by atomic mass is 10.3. The molecule has 22 heavy (non-hydrogen) atoms. The molecular weight excluding hydrogens is 294 g/mol. The Bertz CT molecular complexity index is 683. The number of halogens is 2. The number of carbonyl (C=O) groups is 1. The van der Waals surface area contributed by atoms with Gasteiger partial charge in [0.1, 0.15) is 12.4 Å². The molecule has 0 fully saturated rings. The van der Waals surface area contributed by atoms with Crippen LogP contribution in [0.5, 0.6) is 5.75 Å². The molecule has 0 spiro atoms. The average molecular weight is 308 g/mol. The summed E-state index contributed by atoms with van der Waals surface area (Å²) in [6.45, 7) is 0.578. The Morgan fingerprint density at radius 3 is 2.91 bits per heavy atom. The number of hydroxylamine groups is 1. The minimum absolute atomic E-state index is 0.0229. The van der Waals surface area contributed by atoms with Gasteiger partial charge in [0.05, 0.1) is 6.54 Å². The molecule has 0 bridgehead atoms. The summed E-state index contributed by atoms with van der Waals surface area (Å²) in [5.74, 6) is -2.08. The fourth-order valence-electron chi connectivity index (χ4n) is 1.83. The standard InChI is InChI=1S/C15H14F2N2O3/c16-11-3-5-14(13(17)10-11)22-9-8-19-7-1-2-12(19)4-6-15(20)18-21/h1-7,10,21H,8-9H2,(H,18,20)/b6-4+. The van der Waals surface area contributed by atoms with Crippen LogP contribution in [0.2, 0.25) is 0 Å². The van der Waals surface area contributed by atoms with Crippen molar-refractivity contribution in [3.63, 3.8) is 0 Å². The van der Waals surface area contributed by atoms with Gasteiger partial charge in [-0.2, -0.15) is 0 Å². The monoisotopic (exact) mass is 308 g/mol. The van der Waals surface area contributed by atoms with Crippen LogP contribution in [0.4, 0.5) is 8.78 Å². The summed E-state index contributed by atoms with van der Waals surface area (Å²) in [6, 6.07) is 6.64. The molecule has 1 aromatic carbocycles. The van der Waals surface area contributed by atoms with Crippen LogP contribution in [-0.4, -0.2) is 22.3 Å². The smallest absolute Gasteiger partial charge is 0.267 e. The maximum absolute atomic E-state index is 13.4. The van der Waals surface area contributed by atoms with Crippen LogP contribution in [0.1, 0.15) is 5.69 Å². The van der Waals surface area contributed by atoms with Gasteiger partial charge in [0, 0.05) is 24.0 Å². The highest BCUT2D eigenvalue weighted by molar-refractivity contribution is 5.90. The van der Waals surface area contributed by atoms with E-state index in [1.165, 1.54) is 23.7 Å². The largest absolute Gasteiger partial charge is 0.489 e. The van der Waals surface area contributed by atoms with Crippen LogP contribution < -0.4 is 10.2 Å². The minimum atomic E-state index is -0.757. The molecule has 116 valence electrons. The molecule has 0 aliphatic carbocycles. The van der Waals surface area contributed by atoms with Crippen LogP contribution in [-0.2, 0) is 11.3 Å². The molecule has 2 aromatic rings. The number of ether oxygens (including phenoxy) is 1. The van der Waals surface area contributed by atoms with Crippen molar-refractivity contribution in [2.75, 3.05) is 6.61 Å². The summed E-state index contributed by atoms with van der Waals surface area (Å²) in [6.07, 6.45) is 4.46. The van der Waals surface area contributed by atoms with E-state index < -0.39 is 17.5 Å². The van der Waals surface area contributed by atoms with Crippen LogP contribution in [0.3, 0.4) is 0 Å². The third-order valence-electron chi connectivity index (χ3n) is 2.86. The lowest BCUT2D eigenvalue weighted by molar-refractivity contribution is -0.124. The highest BCUT2D eigenvalue weighted by atomic mass is 19.1. The second-order valence-electron chi connectivity index (χ2n) is 4.36. The number of rotatable bonds is 6. The quantitative estimate of drug-likeness (QED) is 0.489. The molecule has 0 atom stereocenters.